The van der Waals surface area contributed by atoms with E-state index in [4.69, 9.17) is 5.84 Å². The number of hydrogen-bond donors (Lipinski definition) is 2. The number of nitrogens with one attached hydrogen (secondary N) is 1. The second-order valence-electron chi connectivity index (χ2n) is 4.31. The summed E-state index contributed by atoms with van der Waals surface area (Å²) >= 11 is 0. The standard InChI is InChI=1S/C12H13N7O/c1-18-12-8(6-14-18)11(17-13)15-9(16-12)7-19-5-3-2-4-10(19)20/h2-6H,7,13H2,1H3,(H,15,16,17). The summed E-state index contributed by atoms with van der Waals surface area (Å²) in [6.07, 6.45) is 3.33. The first-order valence-corrected chi connectivity index (χ1v) is 6.00. The Morgan fingerprint density at radius 2 is 2.20 bits per heavy atom. The molecule has 3 rings (SSSR count). The molecular weight excluding hydrogens is 258 g/mol. The number of hydrogen-bond acceptors (Lipinski definition) is 6. The van der Waals surface area contributed by atoms with Crippen LogP contribution in [0.1, 0.15) is 5.82 Å². The summed E-state index contributed by atoms with van der Waals surface area (Å²) < 4.78 is 3.16. The number of aromatic nitrogens is 5. The van der Waals surface area contributed by atoms with Crippen molar-refractivity contribution in [2.24, 2.45) is 12.9 Å². The Labute approximate surface area is 113 Å². The highest BCUT2D eigenvalue weighted by Crippen LogP contribution is 2.18. The van der Waals surface area contributed by atoms with Gasteiger partial charge in [0.05, 0.1) is 18.1 Å². The van der Waals surface area contributed by atoms with Crippen molar-refractivity contribution in [1.29, 1.82) is 0 Å². The summed E-state index contributed by atoms with van der Waals surface area (Å²) in [5.74, 6) is 6.45. The van der Waals surface area contributed by atoms with Crippen LogP contribution in [0.15, 0.2) is 35.4 Å². The van der Waals surface area contributed by atoms with Crippen LogP contribution in [-0.4, -0.2) is 24.3 Å². The minimum Gasteiger partial charge on any atom is -0.308 e. The molecule has 0 saturated heterocycles. The van der Waals surface area contributed by atoms with Crippen LogP contribution >= 0.6 is 0 Å². The molecule has 3 heterocycles. The fourth-order valence-electron chi connectivity index (χ4n) is 1.99. The van der Waals surface area contributed by atoms with Crippen molar-refractivity contribution in [3.05, 3.63) is 46.8 Å². The Morgan fingerprint density at radius 3 is 2.95 bits per heavy atom. The monoisotopic (exact) mass is 271 g/mol. The average molecular weight is 271 g/mol. The van der Waals surface area contributed by atoms with Gasteiger partial charge in [0.15, 0.2) is 17.3 Å². The highest BCUT2D eigenvalue weighted by atomic mass is 16.1. The van der Waals surface area contributed by atoms with Crippen LogP contribution in [0.2, 0.25) is 0 Å². The minimum atomic E-state index is -0.108. The smallest absolute Gasteiger partial charge is 0.250 e. The molecule has 3 aromatic rings. The zero-order valence-electron chi connectivity index (χ0n) is 10.8. The van der Waals surface area contributed by atoms with Crippen molar-refractivity contribution < 1.29 is 0 Å². The quantitative estimate of drug-likeness (QED) is 0.507. The molecule has 0 aliphatic rings. The van der Waals surface area contributed by atoms with Gasteiger partial charge in [-0.25, -0.2) is 15.8 Å². The third-order valence-corrected chi connectivity index (χ3v) is 2.99. The van der Waals surface area contributed by atoms with E-state index in [0.29, 0.717) is 17.3 Å². The predicted molar refractivity (Wildman–Crippen MR) is 73.9 cm³/mol. The van der Waals surface area contributed by atoms with Crippen LogP contribution in [0.5, 0.6) is 0 Å². The summed E-state index contributed by atoms with van der Waals surface area (Å²) in [5.41, 5.74) is 3.08. The fraction of sp³-hybridized carbons (Fsp3) is 0.167. The molecule has 8 heteroatoms. The Balaban J connectivity index is 2.10. The van der Waals surface area contributed by atoms with Gasteiger partial charge in [0.1, 0.15) is 0 Å². The maximum absolute atomic E-state index is 11.7. The minimum absolute atomic E-state index is 0.108. The third kappa shape index (κ3) is 2.01. The van der Waals surface area contributed by atoms with Crippen LogP contribution in [0.4, 0.5) is 5.82 Å². The van der Waals surface area contributed by atoms with Gasteiger partial charge in [-0.3, -0.25) is 9.48 Å². The molecule has 102 valence electrons. The van der Waals surface area contributed by atoms with E-state index in [1.165, 1.54) is 10.6 Å². The van der Waals surface area contributed by atoms with Gasteiger partial charge in [0.2, 0.25) is 0 Å². The number of nitrogens with two attached hydrogens (primary N) is 1. The van der Waals surface area contributed by atoms with Crippen molar-refractivity contribution in [2.75, 3.05) is 5.43 Å². The molecule has 0 fully saturated rings. The van der Waals surface area contributed by atoms with E-state index in [2.05, 4.69) is 20.5 Å². The van der Waals surface area contributed by atoms with Gasteiger partial charge in [-0.15, -0.1) is 0 Å². The van der Waals surface area contributed by atoms with Crippen LogP contribution in [0.3, 0.4) is 0 Å². The normalized spacial score (nSPS) is 10.9. The molecule has 0 atom stereocenters. The molecule has 0 aliphatic carbocycles. The van der Waals surface area contributed by atoms with Gasteiger partial charge in [-0.05, 0) is 6.07 Å². The fourth-order valence-corrected chi connectivity index (χ4v) is 1.99. The second kappa shape index (κ2) is 4.74. The first-order valence-electron chi connectivity index (χ1n) is 6.00. The second-order valence-corrected chi connectivity index (χ2v) is 4.31. The van der Waals surface area contributed by atoms with Gasteiger partial charge >= 0.3 is 0 Å². The molecule has 3 aromatic heterocycles. The topological polar surface area (TPSA) is 104 Å². The zero-order chi connectivity index (χ0) is 14.1. The Hall–Kier alpha value is -2.74. The lowest BCUT2D eigenvalue weighted by Gasteiger charge is -2.07. The highest BCUT2D eigenvalue weighted by Gasteiger charge is 2.11. The number of nitrogens with zero attached hydrogens (tertiary/aromatic N) is 5. The summed E-state index contributed by atoms with van der Waals surface area (Å²) in [6, 6.07) is 4.97. The number of pyridine rings is 1. The molecule has 0 bridgehead atoms. The molecule has 8 nitrogen and oxygen atoms in total. The highest BCUT2D eigenvalue weighted by molar-refractivity contribution is 5.86. The molecule has 3 N–H and O–H groups in total. The predicted octanol–water partition coefficient (Wildman–Crippen LogP) is -0.141. The van der Waals surface area contributed by atoms with Crippen LogP contribution in [-0.2, 0) is 13.6 Å². The van der Waals surface area contributed by atoms with Gasteiger partial charge in [-0.1, -0.05) is 6.07 Å². The van der Waals surface area contributed by atoms with E-state index >= 15 is 0 Å². The number of nitrogen functional groups attached to an aromatic ring is 1. The average Bonchev–Trinajstić information content (AvgIpc) is 2.82. The van der Waals surface area contributed by atoms with Crippen molar-refractivity contribution in [2.45, 2.75) is 6.54 Å². The van der Waals surface area contributed by atoms with Crippen LogP contribution < -0.4 is 16.8 Å². The number of anilines is 1. The lowest BCUT2D eigenvalue weighted by Crippen LogP contribution is -2.20. The lowest BCUT2D eigenvalue weighted by atomic mass is 10.4. The molecule has 20 heavy (non-hydrogen) atoms. The molecule has 0 amide bonds. The molecule has 0 saturated carbocycles. The Bertz CT molecular complexity index is 820. The van der Waals surface area contributed by atoms with Crippen LogP contribution in [0.25, 0.3) is 11.0 Å². The summed E-state index contributed by atoms with van der Waals surface area (Å²) in [4.78, 5) is 20.4. The summed E-state index contributed by atoms with van der Waals surface area (Å²) in [6.45, 7) is 0.273. The van der Waals surface area contributed by atoms with E-state index in [1.54, 1.807) is 36.3 Å². The zero-order valence-corrected chi connectivity index (χ0v) is 10.8. The SMILES string of the molecule is Cn1ncc2c(NN)nc(Cn3ccccc3=O)nc21. The van der Waals surface area contributed by atoms with Crippen molar-refractivity contribution in [3.8, 4) is 0 Å². The molecule has 0 aromatic carbocycles. The molecule has 0 radical (unpaired) electrons. The number of rotatable bonds is 3. The van der Waals surface area contributed by atoms with E-state index in [-0.39, 0.29) is 12.1 Å². The van der Waals surface area contributed by atoms with Gasteiger partial charge in [-0.2, -0.15) is 5.10 Å². The van der Waals surface area contributed by atoms with E-state index in [1.807, 2.05) is 0 Å². The lowest BCUT2D eigenvalue weighted by molar-refractivity contribution is 0.711. The third-order valence-electron chi connectivity index (χ3n) is 2.99. The van der Waals surface area contributed by atoms with Crippen molar-refractivity contribution >= 4 is 16.9 Å². The number of fused-ring (bicyclic) bond motifs is 1. The molecule has 0 spiro atoms. The van der Waals surface area contributed by atoms with Gasteiger partial charge in [0, 0.05) is 19.3 Å². The van der Waals surface area contributed by atoms with Crippen molar-refractivity contribution in [3.63, 3.8) is 0 Å². The summed E-state index contributed by atoms with van der Waals surface area (Å²) in [7, 11) is 1.79. The Morgan fingerprint density at radius 1 is 1.35 bits per heavy atom. The van der Waals surface area contributed by atoms with E-state index in [0.717, 1.165) is 5.39 Å². The van der Waals surface area contributed by atoms with Gasteiger partial charge < -0.3 is 9.99 Å². The van der Waals surface area contributed by atoms with Gasteiger partial charge in [0.25, 0.3) is 5.56 Å². The van der Waals surface area contributed by atoms with E-state index < -0.39 is 0 Å². The molecular formula is C12H13N7O. The first kappa shape index (κ1) is 12.3. The van der Waals surface area contributed by atoms with E-state index in [9.17, 15) is 4.79 Å². The maximum Gasteiger partial charge on any atom is 0.250 e. The number of hydrazine groups is 1. The number of aryl methyl sites for hydroxylation is 1. The largest absolute Gasteiger partial charge is 0.308 e. The van der Waals surface area contributed by atoms with Crippen LogP contribution in [0, 0.1) is 0 Å². The first-order chi connectivity index (χ1) is 9.69. The summed E-state index contributed by atoms with van der Waals surface area (Å²) in [5, 5.41) is 4.86. The molecule has 0 aliphatic heterocycles. The Kier molecular flexibility index (Phi) is 2.92. The maximum atomic E-state index is 11.7. The molecule has 0 unspecified atom stereocenters. The van der Waals surface area contributed by atoms with Crippen molar-refractivity contribution in [1.82, 2.24) is 24.3 Å².